The van der Waals surface area contributed by atoms with Crippen LogP contribution in [-0.2, 0) is 10.0 Å². The minimum Gasteiger partial charge on any atom is -0.258 e. The van der Waals surface area contributed by atoms with Gasteiger partial charge in [0.25, 0.3) is 5.69 Å². The summed E-state index contributed by atoms with van der Waals surface area (Å²) in [4.78, 5) is 9.96. The summed E-state index contributed by atoms with van der Waals surface area (Å²) in [6.45, 7) is 0.0833. The minimum atomic E-state index is -3.86. The van der Waals surface area contributed by atoms with E-state index in [-0.39, 0.29) is 28.9 Å². The molecule has 0 unspecified atom stereocenters. The van der Waals surface area contributed by atoms with Crippen molar-refractivity contribution in [1.82, 2.24) is 4.31 Å². The quantitative estimate of drug-likeness (QED) is 0.588. The molecule has 7 nitrogen and oxygen atoms in total. The number of nitro benzene ring substituents is 1. The molecule has 1 saturated carbocycles. The Morgan fingerprint density at radius 3 is 2.67 bits per heavy atom. The maximum Gasteiger partial charge on any atom is 0.289 e. The highest BCUT2D eigenvalue weighted by Crippen LogP contribution is 2.34. The van der Waals surface area contributed by atoms with Crippen molar-refractivity contribution in [3.8, 4) is 6.07 Å². The molecule has 1 aromatic carbocycles. The van der Waals surface area contributed by atoms with E-state index in [9.17, 15) is 18.5 Å². The normalized spacial score (nSPS) is 14.9. The summed E-state index contributed by atoms with van der Waals surface area (Å²) in [5, 5.41) is 19.4. The highest BCUT2D eigenvalue weighted by atomic mass is 35.5. The predicted molar refractivity (Wildman–Crippen MR) is 75.3 cm³/mol. The van der Waals surface area contributed by atoms with Gasteiger partial charge in [0, 0.05) is 25.1 Å². The standard InChI is InChI=1S/C12H12ClN3O4S/c13-11-5-4-10(8-12(11)16(17)18)21(19,20)15(7-1-6-14)9-2-3-9/h4-5,8-9H,1-3,7H2. The average molecular weight is 330 g/mol. The van der Waals surface area contributed by atoms with Gasteiger partial charge in [-0.25, -0.2) is 8.42 Å². The number of sulfonamides is 1. The Kier molecular flexibility index (Phi) is 4.46. The van der Waals surface area contributed by atoms with E-state index in [2.05, 4.69) is 0 Å². The van der Waals surface area contributed by atoms with Crippen LogP contribution < -0.4 is 0 Å². The number of hydrogen-bond acceptors (Lipinski definition) is 5. The first kappa shape index (κ1) is 15.7. The summed E-state index contributed by atoms with van der Waals surface area (Å²) in [5.41, 5.74) is -0.450. The molecule has 0 aliphatic heterocycles. The molecule has 0 heterocycles. The van der Waals surface area contributed by atoms with Crippen LogP contribution in [0.25, 0.3) is 0 Å². The zero-order chi connectivity index (χ0) is 15.6. The van der Waals surface area contributed by atoms with Crippen LogP contribution in [0.1, 0.15) is 19.3 Å². The summed E-state index contributed by atoms with van der Waals surface area (Å²) in [5.74, 6) is 0. The summed E-state index contributed by atoms with van der Waals surface area (Å²) in [7, 11) is -3.86. The van der Waals surface area contributed by atoms with E-state index >= 15 is 0 Å². The number of benzene rings is 1. The van der Waals surface area contributed by atoms with E-state index in [1.165, 1.54) is 16.4 Å². The SMILES string of the molecule is N#CCCN(C1CC1)S(=O)(=O)c1ccc(Cl)c([N+](=O)[O-])c1. The Labute approximate surface area is 126 Å². The topological polar surface area (TPSA) is 104 Å². The van der Waals surface area contributed by atoms with Crippen molar-refractivity contribution in [3.63, 3.8) is 0 Å². The van der Waals surface area contributed by atoms with Crippen LogP contribution >= 0.6 is 11.6 Å². The van der Waals surface area contributed by atoms with Gasteiger partial charge in [0.1, 0.15) is 5.02 Å². The molecule has 1 fully saturated rings. The maximum absolute atomic E-state index is 12.6. The van der Waals surface area contributed by atoms with Gasteiger partial charge < -0.3 is 0 Å². The van der Waals surface area contributed by atoms with Crippen LogP contribution in [0.15, 0.2) is 23.1 Å². The van der Waals surface area contributed by atoms with Crippen LogP contribution in [0.5, 0.6) is 0 Å². The van der Waals surface area contributed by atoms with Gasteiger partial charge in [-0.2, -0.15) is 9.57 Å². The van der Waals surface area contributed by atoms with Crippen LogP contribution in [0.4, 0.5) is 5.69 Å². The Hall–Kier alpha value is -1.69. The summed E-state index contributed by atoms with van der Waals surface area (Å²) < 4.78 is 26.4. The Morgan fingerprint density at radius 1 is 1.48 bits per heavy atom. The van der Waals surface area contributed by atoms with Crippen LogP contribution in [-0.4, -0.2) is 30.2 Å². The van der Waals surface area contributed by atoms with E-state index in [0.717, 1.165) is 18.9 Å². The number of halogens is 1. The van der Waals surface area contributed by atoms with E-state index < -0.39 is 20.6 Å². The molecule has 9 heteroatoms. The van der Waals surface area contributed by atoms with Gasteiger partial charge in [0.15, 0.2) is 0 Å². The molecule has 0 bridgehead atoms. The van der Waals surface area contributed by atoms with Crippen molar-refractivity contribution in [1.29, 1.82) is 5.26 Å². The van der Waals surface area contributed by atoms with Gasteiger partial charge in [-0.1, -0.05) is 11.6 Å². The molecule has 0 radical (unpaired) electrons. The fourth-order valence-corrected chi connectivity index (χ4v) is 3.84. The second-order valence-corrected chi connectivity index (χ2v) is 6.92. The third kappa shape index (κ3) is 3.32. The molecule has 1 aliphatic carbocycles. The van der Waals surface area contributed by atoms with E-state index in [1.54, 1.807) is 0 Å². The lowest BCUT2D eigenvalue weighted by Gasteiger charge is -2.20. The van der Waals surface area contributed by atoms with Crippen LogP contribution in [0.3, 0.4) is 0 Å². The van der Waals surface area contributed by atoms with E-state index in [1.807, 2.05) is 6.07 Å². The smallest absolute Gasteiger partial charge is 0.258 e. The summed E-state index contributed by atoms with van der Waals surface area (Å²) >= 11 is 5.69. The van der Waals surface area contributed by atoms with Gasteiger partial charge in [0.2, 0.25) is 10.0 Å². The molecule has 0 saturated heterocycles. The molecule has 0 atom stereocenters. The number of hydrogen-bond donors (Lipinski definition) is 0. The first-order chi connectivity index (χ1) is 9.87. The maximum atomic E-state index is 12.6. The molecule has 2 rings (SSSR count). The Balaban J connectivity index is 2.40. The Morgan fingerprint density at radius 2 is 2.14 bits per heavy atom. The third-order valence-corrected chi connectivity index (χ3v) is 5.39. The Bertz CT molecular complexity index is 710. The monoisotopic (exact) mass is 329 g/mol. The highest BCUT2D eigenvalue weighted by molar-refractivity contribution is 7.89. The molecular weight excluding hydrogens is 318 g/mol. The fourth-order valence-electron chi connectivity index (χ4n) is 1.95. The molecule has 0 spiro atoms. The molecule has 112 valence electrons. The van der Waals surface area contributed by atoms with Gasteiger partial charge >= 0.3 is 0 Å². The summed E-state index contributed by atoms with van der Waals surface area (Å²) in [6.07, 6.45) is 1.55. The van der Waals surface area contributed by atoms with Crippen LogP contribution in [0.2, 0.25) is 5.02 Å². The van der Waals surface area contributed by atoms with Gasteiger partial charge in [-0.15, -0.1) is 0 Å². The van der Waals surface area contributed by atoms with Gasteiger partial charge in [0.05, 0.1) is 15.9 Å². The van der Waals surface area contributed by atoms with Gasteiger partial charge in [-0.3, -0.25) is 10.1 Å². The van der Waals surface area contributed by atoms with Crippen molar-refractivity contribution in [2.45, 2.75) is 30.2 Å². The lowest BCUT2D eigenvalue weighted by molar-refractivity contribution is -0.384. The van der Waals surface area contributed by atoms with Crippen molar-refractivity contribution in [2.24, 2.45) is 0 Å². The number of rotatable bonds is 6. The third-order valence-electron chi connectivity index (χ3n) is 3.12. The molecule has 1 aliphatic rings. The fraction of sp³-hybridized carbons (Fsp3) is 0.417. The molecule has 21 heavy (non-hydrogen) atoms. The number of nitro groups is 1. The van der Waals surface area contributed by atoms with Crippen molar-refractivity contribution in [3.05, 3.63) is 33.3 Å². The number of nitrogens with zero attached hydrogens (tertiary/aromatic N) is 3. The van der Waals surface area contributed by atoms with E-state index in [0.29, 0.717) is 0 Å². The lowest BCUT2D eigenvalue weighted by atomic mass is 10.3. The molecular formula is C12H12ClN3O4S. The van der Waals surface area contributed by atoms with E-state index in [4.69, 9.17) is 16.9 Å². The first-order valence-corrected chi connectivity index (χ1v) is 8.02. The lowest BCUT2D eigenvalue weighted by Crippen LogP contribution is -2.34. The zero-order valence-electron chi connectivity index (χ0n) is 10.9. The zero-order valence-corrected chi connectivity index (χ0v) is 12.5. The average Bonchev–Trinajstić information content (AvgIpc) is 3.23. The van der Waals surface area contributed by atoms with Crippen molar-refractivity contribution in [2.75, 3.05) is 6.54 Å². The summed E-state index contributed by atoms with van der Waals surface area (Å²) in [6, 6.07) is 5.18. The minimum absolute atomic E-state index is 0.0748. The van der Waals surface area contributed by atoms with Crippen molar-refractivity contribution < 1.29 is 13.3 Å². The number of nitriles is 1. The van der Waals surface area contributed by atoms with Crippen molar-refractivity contribution >= 4 is 27.3 Å². The molecule has 0 aromatic heterocycles. The second-order valence-electron chi connectivity index (χ2n) is 4.63. The molecule has 0 N–H and O–H groups in total. The largest absolute Gasteiger partial charge is 0.289 e. The highest BCUT2D eigenvalue weighted by Gasteiger charge is 2.38. The second kappa shape index (κ2) is 5.97. The predicted octanol–water partition coefficient (Wildman–Crippen LogP) is 2.31. The molecule has 1 aromatic rings. The first-order valence-electron chi connectivity index (χ1n) is 6.20. The van der Waals surface area contributed by atoms with Crippen LogP contribution in [0, 0.1) is 21.4 Å². The van der Waals surface area contributed by atoms with Gasteiger partial charge in [-0.05, 0) is 25.0 Å². The molecule has 0 amide bonds.